The lowest BCUT2D eigenvalue weighted by molar-refractivity contribution is -0.125. The van der Waals surface area contributed by atoms with Gasteiger partial charge in [-0.05, 0) is 25.8 Å². The topological polar surface area (TPSA) is 37.4 Å². The Hall–Kier alpha value is -1.38. The molecule has 3 heteroatoms. The van der Waals surface area contributed by atoms with E-state index in [-0.39, 0.29) is 6.04 Å². The highest BCUT2D eigenvalue weighted by atomic mass is 16.1. The molecule has 0 spiro atoms. The highest BCUT2D eigenvalue weighted by molar-refractivity contribution is 5.66. The van der Waals surface area contributed by atoms with E-state index in [4.69, 9.17) is 0 Å². The van der Waals surface area contributed by atoms with E-state index in [0.717, 1.165) is 18.3 Å². The summed E-state index contributed by atoms with van der Waals surface area (Å²) >= 11 is 0. The van der Waals surface area contributed by atoms with E-state index in [2.05, 4.69) is 0 Å². The van der Waals surface area contributed by atoms with Crippen molar-refractivity contribution in [1.82, 2.24) is 4.90 Å². The van der Waals surface area contributed by atoms with Crippen molar-refractivity contribution in [2.45, 2.75) is 26.3 Å². The molecule has 1 amide bonds. The van der Waals surface area contributed by atoms with Crippen molar-refractivity contribution < 1.29 is 9.59 Å². The van der Waals surface area contributed by atoms with Gasteiger partial charge >= 0.3 is 0 Å². The van der Waals surface area contributed by atoms with E-state index >= 15 is 0 Å². The molecule has 0 bridgehead atoms. The van der Waals surface area contributed by atoms with E-state index in [0.29, 0.717) is 13.0 Å². The number of amides is 1. The molecule has 0 fully saturated rings. The minimum Gasteiger partial charge on any atom is -0.331 e. The van der Waals surface area contributed by atoms with E-state index in [1.807, 2.05) is 26.0 Å². The Bertz CT molecular complexity index is 292. The fourth-order valence-corrected chi connectivity index (χ4v) is 1.65. The van der Waals surface area contributed by atoms with Crippen LogP contribution in [0, 0.1) is 0 Å². The van der Waals surface area contributed by atoms with Gasteiger partial charge in [0.1, 0.15) is 6.29 Å². The zero-order valence-corrected chi connectivity index (χ0v) is 8.56. The molecule has 0 N–H and O–H groups in total. The minimum absolute atomic E-state index is 0.276. The first kappa shape index (κ1) is 10.7. The molecule has 0 saturated carbocycles. The first-order valence-electron chi connectivity index (χ1n) is 4.70. The van der Waals surface area contributed by atoms with E-state index in [1.54, 1.807) is 0 Å². The third kappa shape index (κ3) is 2.10. The summed E-state index contributed by atoms with van der Waals surface area (Å²) in [5, 5.41) is 0. The Kier molecular flexibility index (Phi) is 3.63. The molecule has 0 aromatic heterocycles. The van der Waals surface area contributed by atoms with Gasteiger partial charge in [0.25, 0.3) is 0 Å². The third-order valence-corrected chi connectivity index (χ3v) is 2.50. The molecule has 76 valence electrons. The zero-order valence-electron chi connectivity index (χ0n) is 8.56. The van der Waals surface area contributed by atoms with Crippen LogP contribution in [0.15, 0.2) is 23.3 Å². The van der Waals surface area contributed by atoms with E-state index in [1.165, 1.54) is 10.5 Å². The Morgan fingerprint density at radius 3 is 2.64 bits per heavy atom. The van der Waals surface area contributed by atoms with Gasteiger partial charge in [-0.3, -0.25) is 4.79 Å². The van der Waals surface area contributed by atoms with Gasteiger partial charge in [-0.2, -0.15) is 0 Å². The third-order valence-electron chi connectivity index (χ3n) is 2.50. The van der Waals surface area contributed by atoms with Gasteiger partial charge in [-0.15, -0.1) is 0 Å². The van der Waals surface area contributed by atoms with Crippen molar-refractivity contribution in [3.05, 3.63) is 23.3 Å². The zero-order chi connectivity index (χ0) is 10.6. The lowest BCUT2D eigenvalue weighted by Crippen LogP contribution is -2.40. The SMILES string of the molecule is C/C=C\C1=C(C)CC(C=O)N(C=O)C1. The molecule has 0 aromatic carbocycles. The maximum absolute atomic E-state index is 10.7. The van der Waals surface area contributed by atoms with Crippen LogP contribution in [0.5, 0.6) is 0 Å². The fourth-order valence-electron chi connectivity index (χ4n) is 1.65. The van der Waals surface area contributed by atoms with Gasteiger partial charge in [0.2, 0.25) is 6.41 Å². The summed E-state index contributed by atoms with van der Waals surface area (Å²) in [7, 11) is 0. The van der Waals surface area contributed by atoms with Crippen molar-refractivity contribution >= 4 is 12.7 Å². The van der Waals surface area contributed by atoms with E-state index in [9.17, 15) is 9.59 Å². The maximum atomic E-state index is 10.7. The molecule has 1 unspecified atom stereocenters. The molecular weight excluding hydrogens is 178 g/mol. The number of hydrogen-bond donors (Lipinski definition) is 0. The van der Waals surface area contributed by atoms with Gasteiger partial charge in [0, 0.05) is 6.54 Å². The number of hydrogen-bond acceptors (Lipinski definition) is 2. The lowest BCUT2D eigenvalue weighted by Gasteiger charge is -2.30. The second kappa shape index (κ2) is 4.74. The molecule has 0 saturated heterocycles. The number of nitrogens with zero attached hydrogens (tertiary/aromatic N) is 1. The molecule has 1 heterocycles. The quantitative estimate of drug-likeness (QED) is 0.634. The Labute approximate surface area is 84.1 Å². The summed E-state index contributed by atoms with van der Waals surface area (Å²) < 4.78 is 0. The summed E-state index contributed by atoms with van der Waals surface area (Å²) in [6.45, 7) is 4.49. The van der Waals surface area contributed by atoms with Gasteiger partial charge in [-0.1, -0.05) is 17.7 Å². The van der Waals surface area contributed by atoms with Crippen LogP contribution in [0.3, 0.4) is 0 Å². The minimum atomic E-state index is -0.276. The highest BCUT2D eigenvalue weighted by Crippen LogP contribution is 2.21. The smallest absolute Gasteiger partial charge is 0.210 e. The van der Waals surface area contributed by atoms with Crippen LogP contribution in [-0.4, -0.2) is 30.2 Å². The average Bonchev–Trinajstić information content (AvgIpc) is 2.20. The predicted octanol–water partition coefficient (Wildman–Crippen LogP) is 1.31. The number of aldehydes is 1. The molecule has 1 rings (SSSR count). The van der Waals surface area contributed by atoms with Crippen LogP contribution in [0.2, 0.25) is 0 Å². The first-order valence-corrected chi connectivity index (χ1v) is 4.70. The Morgan fingerprint density at radius 2 is 2.14 bits per heavy atom. The van der Waals surface area contributed by atoms with Crippen LogP contribution < -0.4 is 0 Å². The van der Waals surface area contributed by atoms with Crippen LogP contribution in [0.25, 0.3) is 0 Å². The number of carbonyl (C=O) groups is 2. The van der Waals surface area contributed by atoms with Crippen LogP contribution in [-0.2, 0) is 9.59 Å². The van der Waals surface area contributed by atoms with E-state index < -0.39 is 0 Å². The molecule has 1 aliphatic rings. The van der Waals surface area contributed by atoms with Crippen molar-refractivity contribution in [3.8, 4) is 0 Å². The number of carbonyl (C=O) groups excluding carboxylic acids is 2. The molecule has 1 atom stereocenters. The van der Waals surface area contributed by atoms with Crippen molar-refractivity contribution in [2.24, 2.45) is 0 Å². The Balaban J connectivity index is 2.89. The second-order valence-corrected chi connectivity index (χ2v) is 3.49. The average molecular weight is 193 g/mol. The van der Waals surface area contributed by atoms with Crippen LogP contribution >= 0.6 is 0 Å². The number of rotatable bonds is 3. The van der Waals surface area contributed by atoms with Crippen molar-refractivity contribution in [1.29, 1.82) is 0 Å². The van der Waals surface area contributed by atoms with Gasteiger partial charge in [0.15, 0.2) is 0 Å². The standard InChI is InChI=1S/C11H15NO2/c1-3-4-10-6-12(8-14)11(7-13)5-9(10)2/h3-4,7-8,11H,5-6H2,1-2H3/b4-3-. The summed E-state index contributed by atoms with van der Waals surface area (Å²) in [5.74, 6) is 0. The summed E-state index contributed by atoms with van der Waals surface area (Å²) in [6.07, 6.45) is 6.18. The number of allylic oxidation sites excluding steroid dienone is 1. The monoisotopic (exact) mass is 193 g/mol. The van der Waals surface area contributed by atoms with Crippen LogP contribution in [0.4, 0.5) is 0 Å². The lowest BCUT2D eigenvalue weighted by atomic mass is 9.96. The molecule has 3 nitrogen and oxygen atoms in total. The van der Waals surface area contributed by atoms with Gasteiger partial charge in [0.05, 0.1) is 6.04 Å². The first-order chi connectivity index (χ1) is 6.72. The molecule has 0 aliphatic carbocycles. The largest absolute Gasteiger partial charge is 0.331 e. The summed E-state index contributed by atoms with van der Waals surface area (Å²) in [4.78, 5) is 22.9. The summed E-state index contributed by atoms with van der Waals surface area (Å²) in [5.41, 5.74) is 2.33. The normalized spacial score (nSPS) is 23.0. The Morgan fingerprint density at radius 1 is 1.43 bits per heavy atom. The molecule has 0 radical (unpaired) electrons. The van der Waals surface area contributed by atoms with Gasteiger partial charge < -0.3 is 9.69 Å². The van der Waals surface area contributed by atoms with Crippen molar-refractivity contribution in [3.63, 3.8) is 0 Å². The predicted molar refractivity (Wildman–Crippen MR) is 54.8 cm³/mol. The molecule has 0 aromatic rings. The maximum Gasteiger partial charge on any atom is 0.210 e. The fraction of sp³-hybridized carbons (Fsp3) is 0.455. The molecule has 1 aliphatic heterocycles. The summed E-state index contributed by atoms with van der Waals surface area (Å²) in [6, 6.07) is -0.276. The van der Waals surface area contributed by atoms with Crippen molar-refractivity contribution in [2.75, 3.05) is 6.54 Å². The molecule has 14 heavy (non-hydrogen) atoms. The van der Waals surface area contributed by atoms with Gasteiger partial charge in [-0.25, -0.2) is 0 Å². The highest BCUT2D eigenvalue weighted by Gasteiger charge is 2.23. The second-order valence-electron chi connectivity index (χ2n) is 3.49. The van der Waals surface area contributed by atoms with Crippen LogP contribution in [0.1, 0.15) is 20.3 Å². The molecular formula is C11H15NO2.